The number of carbonyl (C=O) groups excluding carboxylic acids is 1. The Morgan fingerprint density at radius 1 is 1.50 bits per heavy atom. The van der Waals surface area contributed by atoms with Gasteiger partial charge < -0.3 is 9.80 Å². The fraction of sp³-hybridized carbons (Fsp3) is 0.875. The predicted molar refractivity (Wildman–Crippen MR) is 44.6 cm³/mol. The number of nitrogens with zero attached hydrogens (tertiary/aromatic N) is 2. The molecule has 0 radical (unpaired) electrons. The third kappa shape index (κ3) is 1.75. The summed E-state index contributed by atoms with van der Waals surface area (Å²) in [6.45, 7) is 2.24. The molecule has 1 saturated heterocycles. The van der Waals surface area contributed by atoms with Crippen LogP contribution < -0.4 is 0 Å². The Labute approximate surface area is 72.1 Å². The van der Waals surface area contributed by atoms with Crippen molar-refractivity contribution in [3.8, 4) is 0 Å². The van der Waals surface area contributed by atoms with E-state index in [1.807, 2.05) is 19.0 Å². The minimum Gasteiger partial charge on any atom is -0.338 e. The molecule has 0 bridgehead atoms. The van der Waals surface area contributed by atoms with E-state index in [4.69, 9.17) is 0 Å². The molecule has 1 rings (SSSR count). The fourth-order valence-electron chi connectivity index (χ4n) is 1.49. The first-order valence-corrected chi connectivity index (χ1v) is 4.08. The number of halogens is 1. The Kier molecular flexibility index (Phi) is 2.67. The highest BCUT2D eigenvalue weighted by Gasteiger charge is 2.35. The van der Waals surface area contributed by atoms with E-state index in [9.17, 15) is 9.18 Å². The molecule has 0 aromatic heterocycles. The second kappa shape index (κ2) is 3.39. The van der Waals surface area contributed by atoms with Gasteiger partial charge in [0.25, 0.3) is 0 Å². The summed E-state index contributed by atoms with van der Waals surface area (Å²) in [7, 11) is 3.67. The summed E-state index contributed by atoms with van der Waals surface area (Å²) in [4.78, 5) is 14.3. The van der Waals surface area contributed by atoms with Crippen molar-refractivity contribution in [2.45, 2.75) is 19.1 Å². The lowest BCUT2D eigenvalue weighted by atomic mass is 10.2. The van der Waals surface area contributed by atoms with E-state index in [-0.39, 0.29) is 18.5 Å². The van der Waals surface area contributed by atoms with Crippen LogP contribution in [0.3, 0.4) is 0 Å². The average molecular weight is 174 g/mol. The maximum Gasteiger partial charge on any atom is 0.219 e. The summed E-state index contributed by atoms with van der Waals surface area (Å²) in [5.74, 6) is -0.0398. The third-order valence-electron chi connectivity index (χ3n) is 2.33. The van der Waals surface area contributed by atoms with Gasteiger partial charge in [-0.2, -0.15) is 0 Å². The van der Waals surface area contributed by atoms with E-state index in [0.29, 0.717) is 6.54 Å². The van der Waals surface area contributed by atoms with Crippen LogP contribution in [0.25, 0.3) is 0 Å². The van der Waals surface area contributed by atoms with Crippen molar-refractivity contribution < 1.29 is 9.18 Å². The molecule has 0 aliphatic carbocycles. The van der Waals surface area contributed by atoms with Crippen LogP contribution in [0, 0.1) is 0 Å². The Morgan fingerprint density at radius 2 is 2.08 bits per heavy atom. The third-order valence-corrected chi connectivity index (χ3v) is 2.33. The van der Waals surface area contributed by atoms with Gasteiger partial charge in [0.1, 0.15) is 6.17 Å². The molecule has 3 nitrogen and oxygen atoms in total. The van der Waals surface area contributed by atoms with Gasteiger partial charge in [0.2, 0.25) is 5.91 Å². The van der Waals surface area contributed by atoms with Gasteiger partial charge in [-0.3, -0.25) is 4.79 Å². The van der Waals surface area contributed by atoms with Crippen molar-refractivity contribution in [3.63, 3.8) is 0 Å². The van der Waals surface area contributed by atoms with Crippen molar-refractivity contribution in [1.82, 2.24) is 9.80 Å². The van der Waals surface area contributed by atoms with Crippen LogP contribution in [0.4, 0.5) is 4.39 Å². The molecule has 1 aliphatic heterocycles. The lowest BCUT2D eigenvalue weighted by Crippen LogP contribution is -2.36. The molecule has 0 saturated carbocycles. The molecule has 12 heavy (non-hydrogen) atoms. The first-order chi connectivity index (χ1) is 5.52. The van der Waals surface area contributed by atoms with E-state index >= 15 is 0 Å². The number of hydrogen-bond acceptors (Lipinski definition) is 2. The molecule has 4 heteroatoms. The van der Waals surface area contributed by atoms with Crippen LogP contribution in [0.1, 0.15) is 6.92 Å². The minimum atomic E-state index is -0.899. The molecule has 2 atom stereocenters. The summed E-state index contributed by atoms with van der Waals surface area (Å²) in [6, 6.07) is -0.131. The average Bonchev–Trinajstić information content (AvgIpc) is 2.30. The number of likely N-dealkylation sites (tertiary alicyclic amines) is 1. The topological polar surface area (TPSA) is 23.6 Å². The van der Waals surface area contributed by atoms with E-state index in [0.717, 1.165) is 0 Å². The van der Waals surface area contributed by atoms with Gasteiger partial charge in [0.05, 0.1) is 12.6 Å². The molecular weight excluding hydrogens is 159 g/mol. The van der Waals surface area contributed by atoms with Gasteiger partial charge in [0.15, 0.2) is 0 Å². The number of carbonyl (C=O) groups is 1. The Morgan fingerprint density at radius 3 is 2.33 bits per heavy atom. The summed E-state index contributed by atoms with van der Waals surface area (Å²) >= 11 is 0. The smallest absolute Gasteiger partial charge is 0.219 e. The van der Waals surface area contributed by atoms with Gasteiger partial charge in [-0.15, -0.1) is 0 Å². The molecule has 1 fully saturated rings. The van der Waals surface area contributed by atoms with Gasteiger partial charge >= 0.3 is 0 Å². The quantitative estimate of drug-likeness (QED) is 0.563. The minimum absolute atomic E-state index is 0.0398. The van der Waals surface area contributed by atoms with Gasteiger partial charge in [0, 0.05) is 13.5 Å². The van der Waals surface area contributed by atoms with E-state index < -0.39 is 6.17 Å². The van der Waals surface area contributed by atoms with Crippen molar-refractivity contribution >= 4 is 5.91 Å². The first-order valence-electron chi connectivity index (χ1n) is 4.08. The zero-order valence-corrected chi connectivity index (χ0v) is 7.75. The lowest BCUT2D eigenvalue weighted by Gasteiger charge is -2.20. The molecule has 0 spiro atoms. The zero-order chi connectivity index (χ0) is 9.30. The van der Waals surface area contributed by atoms with Crippen molar-refractivity contribution in [2.75, 3.05) is 27.2 Å². The highest BCUT2D eigenvalue weighted by molar-refractivity contribution is 5.73. The van der Waals surface area contributed by atoms with Crippen molar-refractivity contribution in [1.29, 1.82) is 0 Å². The van der Waals surface area contributed by atoms with Crippen LogP contribution in [-0.4, -0.2) is 55.1 Å². The Hall–Kier alpha value is -0.640. The molecule has 0 aromatic carbocycles. The number of likely N-dealkylation sites (N-methyl/N-ethyl adjacent to an activating group) is 1. The van der Waals surface area contributed by atoms with Crippen LogP contribution >= 0.6 is 0 Å². The molecule has 70 valence electrons. The number of amides is 1. The van der Waals surface area contributed by atoms with Crippen LogP contribution in [0.15, 0.2) is 0 Å². The Bertz CT molecular complexity index is 184. The summed E-state index contributed by atoms with van der Waals surface area (Å²) in [6.07, 6.45) is -0.899. The molecule has 2 unspecified atom stereocenters. The van der Waals surface area contributed by atoms with Crippen LogP contribution in [0.2, 0.25) is 0 Å². The number of hydrogen-bond donors (Lipinski definition) is 0. The molecule has 1 amide bonds. The van der Waals surface area contributed by atoms with Crippen LogP contribution in [-0.2, 0) is 4.79 Å². The number of rotatable bonds is 1. The molecule has 0 aromatic rings. The van der Waals surface area contributed by atoms with Gasteiger partial charge in [-0.1, -0.05) is 0 Å². The first kappa shape index (κ1) is 9.45. The highest BCUT2D eigenvalue weighted by Crippen LogP contribution is 2.16. The Balaban J connectivity index is 2.56. The maximum absolute atomic E-state index is 13.2. The zero-order valence-electron chi connectivity index (χ0n) is 7.75. The van der Waals surface area contributed by atoms with E-state index in [1.54, 1.807) is 4.90 Å². The normalized spacial score (nSPS) is 29.9. The highest BCUT2D eigenvalue weighted by atomic mass is 19.1. The van der Waals surface area contributed by atoms with Crippen molar-refractivity contribution in [3.05, 3.63) is 0 Å². The monoisotopic (exact) mass is 174 g/mol. The summed E-state index contributed by atoms with van der Waals surface area (Å²) in [5.41, 5.74) is 0. The molecule has 0 N–H and O–H groups in total. The van der Waals surface area contributed by atoms with E-state index in [2.05, 4.69) is 0 Å². The molecule has 1 aliphatic rings. The summed E-state index contributed by atoms with van der Waals surface area (Å²) in [5, 5.41) is 0. The second-order valence-corrected chi connectivity index (χ2v) is 3.47. The molecular formula is C8H15FN2O. The largest absolute Gasteiger partial charge is 0.338 e. The van der Waals surface area contributed by atoms with Crippen LogP contribution in [0.5, 0.6) is 0 Å². The lowest BCUT2D eigenvalue weighted by molar-refractivity contribution is -0.128. The molecule has 1 heterocycles. The van der Waals surface area contributed by atoms with Gasteiger partial charge in [-0.25, -0.2) is 4.39 Å². The second-order valence-electron chi connectivity index (χ2n) is 3.47. The standard InChI is InChI=1S/C8H15FN2O/c1-6(12)11-4-7(9)8(5-11)10(2)3/h7-8H,4-5H2,1-3H3. The predicted octanol–water partition coefficient (Wildman–Crippen LogP) is 0.117. The maximum atomic E-state index is 13.2. The van der Waals surface area contributed by atoms with Gasteiger partial charge in [-0.05, 0) is 14.1 Å². The fourth-order valence-corrected chi connectivity index (χ4v) is 1.49. The number of alkyl halides is 1. The SMILES string of the molecule is CC(=O)N1CC(F)C(N(C)C)C1. The summed E-state index contributed by atoms with van der Waals surface area (Å²) < 4.78 is 13.2. The van der Waals surface area contributed by atoms with E-state index in [1.165, 1.54) is 6.92 Å². The van der Waals surface area contributed by atoms with Crippen molar-refractivity contribution in [2.24, 2.45) is 0 Å².